The minimum Gasteiger partial charge on any atom is -0.342 e. The Kier molecular flexibility index (Phi) is 4.02. The van der Waals surface area contributed by atoms with E-state index in [4.69, 9.17) is 0 Å². The first kappa shape index (κ1) is 14.6. The van der Waals surface area contributed by atoms with Gasteiger partial charge < -0.3 is 4.90 Å². The SMILES string of the molecule is O=C(C1CC1)N1CCC(S(=O)(=O)Cc2ccccc2)CC1. The first-order valence-electron chi connectivity index (χ1n) is 7.60. The Bertz CT molecular complexity index is 600. The quantitative estimate of drug-likeness (QED) is 0.855. The van der Waals surface area contributed by atoms with Crippen LogP contribution in [0.15, 0.2) is 30.3 Å². The number of likely N-dealkylation sites (tertiary alicyclic amines) is 1. The molecule has 2 fully saturated rings. The summed E-state index contributed by atoms with van der Waals surface area (Å²) in [7, 11) is -3.13. The molecule has 0 bridgehead atoms. The lowest BCUT2D eigenvalue weighted by Crippen LogP contribution is -2.43. The number of hydrogen-bond donors (Lipinski definition) is 0. The molecule has 114 valence electrons. The molecule has 1 aromatic rings. The third-order valence-electron chi connectivity index (χ3n) is 4.40. The highest BCUT2D eigenvalue weighted by atomic mass is 32.2. The molecule has 0 unspecified atom stereocenters. The fraction of sp³-hybridized carbons (Fsp3) is 0.562. The molecule has 1 saturated heterocycles. The molecule has 4 nitrogen and oxygen atoms in total. The van der Waals surface area contributed by atoms with Crippen molar-refractivity contribution in [2.45, 2.75) is 36.7 Å². The van der Waals surface area contributed by atoms with Crippen LogP contribution < -0.4 is 0 Å². The third kappa shape index (κ3) is 3.46. The molecule has 1 aliphatic heterocycles. The zero-order chi connectivity index (χ0) is 14.9. The zero-order valence-electron chi connectivity index (χ0n) is 12.1. The third-order valence-corrected chi connectivity index (χ3v) is 6.62. The average molecular weight is 307 g/mol. The number of nitrogens with zero attached hydrogens (tertiary/aromatic N) is 1. The van der Waals surface area contributed by atoms with E-state index in [0.29, 0.717) is 25.9 Å². The summed E-state index contributed by atoms with van der Waals surface area (Å²) in [5, 5.41) is -0.305. The first-order valence-corrected chi connectivity index (χ1v) is 9.32. The number of hydrogen-bond acceptors (Lipinski definition) is 3. The lowest BCUT2D eigenvalue weighted by molar-refractivity contribution is -0.133. The van der Waals surface area contributed by atoms with Crippen LogP contribution >= 0.6 is 0 Å². The molecule has 0 radical (unpaired) electrons. The predicted molar refractivity (Wildman–Crippen MR) is 81.4 cm³/mol. The average Bonchev–Trinajstić information content (AvgIpc) is 3.32. The molecule has 1 aromatic carbocycles. The Labute approximate surface area is 126 Å². The molecule has 0 spiro atoms. The summed E-state index contributed by atoms with van der Waals surface area (Å²) in [6.45, 7) is 1.18. The van der Waals surface area contributed by atoms with Gasteiger partial charge >= 0.3 is 0 Å². The highest BCUT2D eigenvalue weighted by Crippen LogP contribution is 2.32. The fourth-order valence-electron chi connectivity index (χ4n) is 2.95. The van der Waals surface area contributed by atoms with Gasteiger partial charge in [-0.15, -0.1) is 0 Å². The molecular weight excluding hydrogens is 286 g/mol. The predicted octanol–water partition coefficient (Wildman–Crippen LogP) is 2.00. The summed E-state index contributed by atoms with van der Waals surface area (Å²) in [4.78, 5) is 13.8. The summed E-state index contributed by atoms with van der Waals surface area (Å²) < 4.78 is 24.9. The van der Waals surface area contributed by atoms with E-state index in [0.717, 1.165) is 18.4 Å². The van der Waals surface area contributed by atoms with Crippen LogP contribution in [0.3, 0.4) is 0 Å². The van der Waals surface area contributed by atoms with Gasteiger partial charge in [-0.3, -0.25) is 4.79 Å². The largest absolute Gasteiger partial charge is 0.342 e. The lowest BCUT2D eigenvalue weighted by atomic mass is 10.1. The van der Waals surface area contributed by atoms with Gasteiger partial charge in [0.25, 0.3) is 0 Å². The summed E-state index contributed by atoms with van der Waals surface area (Å²) in [5.41, 5.74) is 0.842. The maximum absolute atomic E-state index is 12.5. The molecule has 3 rings (SSSR count). The summed E-state index contributed by atoms with van der Waals surface area (Å²) >= 11 is 0. The van der Waals surface area contributed by atoms with E-state index in [1.165, 1.54) is 0 Å². The van der Waals surface area contributed by atoms with Crippen LogP contribution in [-0.4, -0.2) is 37.6 Å². The van der Waals surface area contributed by atoms with E-state index in [1.54, 1.807) is 0 Å². The minimum atomic E-state index is -3.13. The van der Waals surface area contributed by atoms with E-state index in [-0.39, 0.29) is 22.8 Å². The van der Waals surface area contributed by atoms with Crippen molar-refractivity contribution in [2.24, 2.45) is 5.92 Å². The van der Waals surface area contributed by atoms with Crippen molar-refractivity contribution in [3.05, 3.63) is 35.9 Å². The molecule has 5 heteroatoms. The number of piperidine rings is 1. The van der Waals surface area contributed by atoms with Crippen molar-refractivity contribution in [3.63, 3.8) is 0 Å². The van der Waals surface area contributed by atoms with Crippen molar-refractivity contribution in [2.75, 3.05) is 13.1 Å². The topological polar surface area (TPSA) is 54.5 Å². The van der Waals surface area contributed by atoms with Crippen LogP contribution in [0, 0.1) is 5.92 Å². The molecule has 2 aliphatic rings. The molecule has 21 heavy (non-hydrogen) atoms. The summed E-state index contributed by atoms with van der Waals surface area (Å²) in [6, 6.07) is 9.31. The number of carbonyl (C=O) groups excluding carboxylic acids is 1. The fourth-order valence-corrected chi connectivity index (χ4v) is 4.77. The van der Waals surface area contributed by atoms with Crippen LogP contribution in [0.4, 0.5) is 0 Å². The van der Waals surface area contributed by atoms with Gasteiger partial charge in [0.15, 0.2) is 9.84 Å². The molecule has 0 N–H and O–H groups in total. The van der Waals surface area contributed by atoms with Crippen LogP contribution in [-0.2, 0) is 20.4 Å². The summed E-state index contributed by atoms with van der Waals surface area (Å²) in [5.74, 6) is 0.561. The standard InChI is InChI=1S/C16H21NO3S/c18-16(14-6-7-14)17-10-8-15(9-11-17)21(19,20)12-13-4-2-1-3-5-13/h1-5,14-15H,6-12H2. The molecule has 1 amide bonds. The van der Waals surface area contributed by atoms with Crippen molar-refractivity contribution < 1.29 is 13.2 Å². The van der Waals surface area contributed by atoms with Crippen LogP contribution in [0.1, 0.15) is 31.2 Å². The van der Waals surface area contributed by atoms with Gasteiger partial charge in [-0.05, 0) is 31.2 Å². The van der Waals surface area contributed by atoms with Gasteiger partial charge in [0.1, 0.15) is 0 Å². The second-order valence-corrected chi connectivity index (χ2v) is 8.37. The molecular formula is C16H21NO3S. The molecule has 0 atom stereocenters. The van der Waals surface area contributed by atoms with Crippen LogP contribution in [0.25, 0.3) is 0 Å². The normalized spacial score (nSPS) is 20.5. The van der Waals surface area contributed by atoms with Crippen LogP contribution in [0.5, 0.6) is 0 Å². The Balaban J connectivity index is 1.59. The summed E-state index contributed by atoms with van der Waals surface area (Å²) in [6.07, 6.45) is 3.16. The van der Waals surface area contributed by atoms with E-state index < -0.39 is 9.84 Å². The number of rotatable bonds is 4. The van der Waals surface area contributed by atoms with Gasteiger partial charge in [-0.25, -0.2) is 8.42 Å². The van der Waals surface area contributed by atoms with E-state index in [2.05, 4.69) is 0 Å². The molecule has 1 aliphatic carbocycles. The van der Waals surface area contributed by atoms with Crippen molar-refractivity contribution in [1.29, 1.82) is 0 Å². The minimum absolute atomic E-state index is 0.106. The Hall–Kier alpha value is -1.36. The van der Waals surface area contributed by atoms with Crippen molar-refractivity contribution in [1.82, 2.24) is 4.90 Å². The van der Waals surface area contributed by atoms with E-state index >= 15 is 0 Å². The van der Waals surface area contributed by atoms with Gasteiger partial charge in [0.2, 0.25) is 5.91 Å². The van der Waals surface area contributed by atoms with E-state index in [1.807, 2.05) is 35.2 Å². The molecule has 0 aromatic heterocycles. The number of carbonyl (C=O) groups is 1. The van der Waals surface area contributed by atoms with Crippen LogP contribution in [0.2, 0.25) is 0 Å². The monoisotopic (exact) mass is 307 g/mol. The Morgan fingerprint density at radius 1 is 1.05 bits per heavy atom. The Morgan fingerprint density at radius 2 is 1.67 bits per heavy atom. The lowest BCUT2D eigenvalue weighted by Gasteiger charge is -2.32. The first-order chi connectivity index (χ1) is 10.1. The molecule has 1 heterocycles. The number of sulfone groups is 1. The smallest absolute Gasteiger partial charge is 0.225 e. The van der Waals surface area contributed by atoms with Gasteiger partial charge in [0.05, 0.1) is 11.0 Å². The second-order valence-electron chi connectivity index (χ2n) is 6.09. The number of benzene rings is 1. The van der Waals surface area contributed by atoms with E-state index in [9.17, 15) is 13.2 Å². The number of amides is 1. The Morgan fingerprint density at radius 3 is 2.24 bits per heavy atom. The zero-order valence-corrected chi connectivity index (χ0v) is 12.9. The van der Waals surface area contributed by atoms with Gasteiger partial charge in [-0.2, -0.15) is 0 Å². The van der Waals surface area contributed by atoms with Gasteiger partial charge in [-0.1, -0.05) is 30.3 Å². The second kappa shape index (κ2) is 5.79. The van der Waals surface area contributed by atoms with Gasteiger partial charge in [0, 0.05) is 19.0 Å². The van der Waals surface area contributed by atoms with Crippen molar-refractivity contribution >= 4 is 15.7 Å². The van der Waals surface area contributed by atoms with Crippen molar-refractivity contribution in [3.8, 4) is 0 Å². The highest BCUT2D eigenvalue weighted by molar-refractivity contribution is 7.91. The maximum Gasteiger partial charge on any atom is 0.225 e. The molecule has 1 saturated carbocycles. The highest BCUT2D eigenvalue weighted by Gasteiger charge is 2.37. The maximum atomic E-state index is 12.5.